The maximum absolute atomic E-state index is 11.4. The predicted octanol–water partition coefficient (Wildman–Crippen LogP) is 2.35. The number of nitrogens with zero attached hydrogens (tertiary/aromatic N) is 2. The average Bonchev–Trinajstić information content (AvgIpc) is 2.75. The van der Waals surface area contributed by atoms with Crippen LogP contribution in [0.2, 0.25) is 0 Å². The molecule has 0 aliphatic carbocycles. The van der Waals surface area contributed by atoms with Gasteiger partial charge in [0.15, 0.2) is 0 Å². The van der Waals surface area contributed by atoms with Crippen LogP contribution >= 0.6 is 27.7 Å². The maximum Gasteiger partial charge on any atom is 0.323 e. The van der Waals surface area contributed by atoms with E-state index in [1.54, 1.807) is 18.7 Å². The summed E-state index contributed by atoms with van der Waals surface area (Å²) in [4.78, 5) is 11.4. The van der Waals surface area contributed by atoms with Gasteiger partial charge in [-0.25, -0.2) is 0 Å². The Morgan fingerprint density at radius 3 is 2.75 bits per heavy atom. The SMILES string of the molecule is CCOC(=O)C(N)CSCc1c(Br)c(CC)nn1CC. The number of aryl methyl sites for hydroxylation is 2. The van der Waals surface area contributed by atoms with Crippen molar-refractivity contribution in [2.75, 3.05) is 12.4 Å². The van der Waals surface area contributed by atoms with Gasteiger partial charge in [0.05, 0.1) is 22.5 Å². The summed E-state index contributed by atoms with van der Waals surface area (Å²) >= 11 is 5.22. The summed E-state index contributed by atoms with van der Waals surface area (Å²) in [5.74, 6) is 0.980. The largest absolute Gasteiger partial charge is 0.465 e. The molecule has 1 aromatic rings. The molecule has 0 amide bonds. The fourth-order valence-corrected chi connectivity index (χ4v) is 3.64. The van der Waals surface area contributed by atoms with Gasteiger partial charge < -0.3 is 10.5 Å². The van der Waals surface area contributed by atoms with Gasteiger partial charge in [-0.2, -0.15) is 16.9 Å². The number of carbonyl (C=O) groups is 1. The normalized spacial score (nSPS) is 12.4. The summed E-state index contributed by atoms with van der Waals surface area (Å²) in [5.41, 5.74) is 7.99. The van der Waals surface area contributed by atoms with Crippen LogP contribution in [0.3, 0.4) is 0 Å². The highest BCUT2D eigenvalue weighted by atomic mass is 79.9. The first-order valence-corrected chi connectivity index (χ1v) is 8.73. The molecule has 1 atom stereocenters. The Bertz CT molecular complexity index is 451. The van der Waals surface area contributed by atoms with E-state index in [0.29, 0.717) is 12.4 Å². The Kier molecular flexibility index (Phi) is 7.61. The van der Waals surface area contributed by atoms with Gasteiger partial charge in [0.25, 0.3) is 0 Å². The Labute approximate surface area is 132 Å². The molecule has 0 saturated heterocycles. The molecular weight excluding hydrogens is 342 g/mol. The molecule has 0 spiro atoms. The molecule has 1 rings (SSSR count). The molecule has 0 aliphatic rings. The summed E-state index contributed by atoms with van der Waals surface area (Å²) in [7, 11) is 0. The van der Waals surface area contributed by atoms with E-state index in [0.717, 1.165) is 34.6 Å². The van der Waals surface area contributed by atoms with Gasteiger partial charge in [-0.3, -0.25) is 9.48 Å². The van der Waals surface area contributed by atoms with Crippen LogP contribution in [0.1, 0.15) is 32.2 Å². The van der Waals surface area contributed by atoms with Crippen molar-refractivity contribution in [1.82, 2.24) is 9.78 Å². The Morgan fingerprint density at radius 2 is 2.20 bits per heavy atom. The predicted molar refractivity (Wildman–Crippen MR) is 85.7 cm³/mol. The lowest BCUT2D eigenvalue weighted by Gasteiger charge is -2.10. The minimum Gasteiger partial charge on any atom is -0.465 e. The summed E-state index contributed by atoms with van der Waals surface area (Å²) in [5, 5.41) is 4.54. The van der Waals surface area contributed by atoms with Crippen molar-refractivity contribution in [2.45, 2.75) is 45.5 Å². The first-order valence-electron chi connectivity index (χ1n) is 6.79. The summed E-state index contributed by atoms with van der Waals surface area (Å²) in [6, 6.07) is -0.567. The lowest BCUT2D eigenvalue weighted by molar-refractivity contribution is -0.144. The summed E-state index contributed by atoms with van der Waals surface area (Å²) in [6.45, 7) is 7.13. The number of halogens is 1. The fraction of sp³-hybridized carbons (Fsp3) is 0.692. The zero-order valence-corrected chi connectivity index (χ0v) is 14.6. The van der Waals surface area contributed by atoms with E-state index >= 15 is 0 Å². The number of carbonyl (C=O) groups excluding carboxylic acids is 1. The smallest absolute Gasteiger partial charge is 0.323 e. The van der Waals surface area contributed by atoms with Crippen molar-refractivity contribution in [1.29, 1.82) is 0 Å². The number of hydrogen-bond acceptors (Lipinski definition) is 5. The molecule has 0 radical (unpaired) electrons. The number of aromatic nitrogens is 2. The summed E-state index contributed by atoms with van der Waals surface area (Å²) in [6.07, 6.45) is 0.896. The van der Waals surface area contributed by atoms with Crippen LogP contribution < -0.4 is 5.73 Å². The van der Waals surface area contributed by atoms with E-state index in [2.05, 4.69) is 34.9 Å². The van der Waals surface area contributed by atoms with Crippen LogP contribution in [-0.4, -0.2) is 34.2 Å². The van der Waals surface area contributed by atoms with Gasteiger partial charge in [0.2, 0.25) is 0 Å². The molecule has 0 aliphatic heterocycles. The highest BCUT2D eigenvalue weighted by molar-refractivity contribution is 9.10. The number of thioether (sulfide) groups is 1. The van der Waals surface area contributed by atoms with E-state index in [-0.39, 0.29) is 5.97 Å². The van der Waals surface area contributed by atoms with Crippen LogP contribution in [0.4, 0.5) is 0 Å². The first kappa shape index (κ1) is 17.5. The van der Waals surface area contributed by atoms with Gasteiger partial charge in [0.1, 0.15) is 6.04 Å². The fourth-order valence-electron chi connectivity index (χ4n) is 1.76. The second-order valence-electron chi connectivity index (χ2n) is 4.25. The molecular formula is C13H22BrN3O2S. The van der Waals surface area contributed by atoms with E-state index in [9.17, 15) is 4.79 Å². The van der Waals surface area contributed by atoms with Crippen LogP contribution in [0, 0.1) is 0 Å². The maximum atomic E-state index is 11.4. The lowest BCUT2D eigenvalue weighted by atomic mass is 10.3. The molecule has 0 fully saturated rings. The second kappa shape index (κ2) is 8.69. The van der Waals surface area contributed by atoms with Crippen LogP contribution in [-0.2, 0) is 28.2 Å². The first-order chi connectivity index (χ1) is 9.54. The number of rotatable bonds is 8. The molecule has 1 unspecified atom stereocenters. The zero-order chi connectivity index (χ0) is 15.1. The monoisotopic (exact) mass is 363 g/mol. The molecule has 2 N–H and O–H groups in total. The van der Waals surface area contributed by atoms with Crippen molar-refractivity contribution in [3.63, 3.8) is 0 Å². The van der Waals surface area contributed by atoms with Crippen molar-refractivity contribution >= 4 is 33.7 Å². The van der Waals surface area contributed by atoms with E-state index < -0.39 is 6.04 Å². The third kappa shape index (κ3) is 4.49. The van der Waals surface area contributed by atoms with E-state index in [1.165, 1.54) is 0 Å². The number of ether oxygens (including phenoxy) is 1. The van der Waals surface area contributed by atoms with Crippen molar-refractivity contribution < 1.29 is 9.53 Å². The van der Waals surface area contributed by atoms with Gasteiger partial charge in [0, 0.05) is 18.1 Å². The minimum absolute atomic E-state index is 0.336. The molecule has 0 bridgehead atoms. The average molecular weight is 364 g/mol. The Hall–Kier alpha value is -0.530. The lowest BCUT2D eigenvalue weighted by Crippen LogP contribution is -2.34. The topological polar surface area (TPSA) is 70.1 Å². The number of esters is 1. The van der Waals surface area contributed by atoms with Gasteiger partial charge in [-0.1, -0.05) is 6.92 Å². The molecule has 5 nitrogen and oxygen atoms in total. The van der Waals surface area contributed by atoms with Crippen molar-refractivity contribution in [3.8, 4) is 0 Å². The molecule has 20 heavy (non-hydrogen) atoms. The quantitative estimate of drug-likeness (QED) is 0.717. The molecule has 0 aromatic carbocycles. The third-order valence-corrected chi connectivity index (χ3v) is 4.81. The second-order valence-corrected chi connectivity index (χ2v) is 6.07. The molecule has 1 heterocycles. The van der Waals surface area contributed by atoms with E-state index in [1.807, 2.05) is 4.68 Å². The van der Waals surface area contributed by atoms with Crippen LogP contribution in [0.15, 0.2) is 4.47 Å². The zero-order valence-electron chi connectivity index (χ0n) is 12.2. The van der Waals surface area contributed by atoms with Crippen LogP contribution in [0.25, 0.3) is 0 Å². The van der Waals surface area contributed by atoms with E-state index in [4.69, 9.17) is 10.5 Å². The Morgan fingerprint density at radius 1 is 1.50 bits per heavy atom. The van der Waals surface area contributed by atoms with Gasteiger partial charge in [-0.05, 0) is 36.2 Å². The molecule has 7 heteroatoms. The molecule has 0 saturated carbocycles. The van der Waals surface area contributed by atoms with Gasteiger partial charge >= 0.3 is 5.97 Å². The van der Waals surface area contributed by atoms with Crippen LogP contribution in [0.5, 0.6) is 0 Å². The number of nitrogens with two attached hydrogens (primary N) is 1. The standard InChI is InChI=1S/C13H22BrN3O2S/c1-4-10-12(14)11(17(5-2)16-10)8-20-7-9(15)13(18)19-6-3/h9H,4-8,15H2,1-3H3. The third-order valence-electron chi connectivity index (χ3n) is 2.82. The van der Waals surface area contributed by atoms with Gasteiger partial charge in [-0.15, -0.1) is 0 Å². The van der Waals surface area contributed by atoms with Crippen molar-refractivity contribution in [3.05, 3.63) is 15.9 Å². The molecule has 1 aromatic heterocycles. The van der Waals surface area contributed by atoms with Crippen molar-refractivity contribution in [2.24, 2.45) is 5.73 Å². The highest BCUT2D eigenvalue weighted by Gasteiger charge is 2.17. The summed E-state index contributed by atoms with van der Waals surface area (Å²) < 4.78 is 7.95. The molecule has 114 valence electrons. The minimum atomic E-state index is -0.567. The number of hydrogen-bond donors (Lipinski definition) is 1. The highest BCUT2D eigenvalue weighted by Crippen LogP contribution is 2.26. The Balaban J connectivity index is 2.57.